The molecule has 0 unspecified atom stereocenters. The first kappa shape index (κ1) is 30.5. The van der Waals surface area contributed by atoms with E-state index in [-0.39, 0.29) is 23.8 Å². The lowest BCUT2D eigenvalue weighted by atomic mass is 10.0. The molecular formula is C34H37N3O4S. The molecule has 4 aromatic rings. The maximum Gasteiger partial charge on any atom is 0.264 e. The van der Waals surface area contributed by atoms with Crippen molar-refractivity contribution in [2.45, 2.75) is 43.7 Å². The molecule has 0 fully saturated rings. The van der Waals surface area contributed by atoms with Crippen LogP contribution in [0.1, 0.15) is 30.9 Å². The van der Waals surface area contributed by atoms with Crippen molar-refractivity contribution in [1.29, 1.82) is 0 Å². The van der Waals surface area contributed by atoms with Gasteiger partial charge in [-0.15, -0.1) is 0 Å². The number of anilines is 1. The lowest BCUT2D eigenvalue weighted by molar-refractivity contribution is -0.140. The van der Waals surface area contributed by atoms with Crippen molar-refractivity contribution in [2.24, 2.45) is 0 Å². The first-order valence-corrected chi connectivity index (χ1v) is 15.6. The van der Waals surface area contributed by atoms with Crippen LogP contribution in [0.4, 0.5) is 5.69 Å². The van der Waals surface area contributed by atoms with Crippen LogP contribution in [0.2, 0.25) is 0 Å². The number of nitrogens with one attached hydrogen (secondary N) is 1. The third-order valence-corrected chi connectivity index (χ3v) is 8.74. The monoisotopic (exact) mass is 583 g/mol. The van der Waals surface area contributed by atoms with E-state index in [0.717, 1.165) is 28.3 Å². The molecule has 7 nitrogen and oxygen atoms in total. The second-order valence-corrected chi connectivity index (χ2v) is 11.9. The molecule has 0 radical (unpaired) electrons. The highest BCUT2D eigenvalue weighted by Crippen LogP contribution is 2.24. The number of nitrogens with zero attached hydrogens (tertiary/aromatic N) is 2. The number of hydrogen-bond acceptors (Lipinski definition) is 4. The van der Waals surface area contributed by atoms with Crippen LogP contribution in [-0.4, -0.2) is 44.3 Å². The fourth-order valence-corrected chi connectivity index (χ4v) is 6.12. The van der Waals surface area contributed by atoms with Crippen molar-refractivity contribution in [1.82, 2.24) is 10.2 Å². The molecule has 0 aliphatic heterocycles. The zero-order valence-electron chi connectivity index (χ0n) is 23.8. The van der Waals surface area contributed by atoms with Crippen LogP contribution in [0.5, 0.6) is 0 Å². The number of sulfonamides is 1. The first-order chi connectivity index (χ1) is 20.4. The van der Waals surface area contributed by atoms with Gasteiger partial charge in [-0.2, -0.15) is 0 Å². The summed E-state index contributed by atoms with van der Waals surface area (Å²) in [6, 6.07) is 34.7. The Kier molecular flexibility index (Phi) is 10.9. The molecule has 0 aromatic heterocycles. The number of carbonyl (C=O) groups excluding carboxylic acids is 2. The quantitative estimate of drug-likeness (QED) is 0.200. The van der Waals surface area contributed by atoms with Crippen LogP contribution in [-0.2, 0) is 32.6 Å². The Morgan fingerprint density at radius 3 is 1.83 bits per heavy atom. The summed E-state index contributed by atoms with van der Waals surface area (Å²) < 4.78 is 28.9. The fourth-order valence-electron chi connectivity index (χ4n) is 4.68. The van der Waals surface area contributed by atoms with E-state index < -0.39 is 28.5 Å². The topological polar surface area (TPSA) is 86.8 Å². The molecule has 42 heavy (non-hydrogen) atoms. The predicted octanol–water partition coefficient (Wildman–Crippen LogP) is 5.44. The van der Waals surface area contributed by atoms with Gasteiger partial charge in [0.25, 0.3) is 10.0 Å². The van der Waals surface area contributed by atoms with E-state index in [1.807, 2.05) is 67.6 Å². The van der Waals surface area contributed by atoms with E-state index in [2.05, 4.69) is 5.32 Å². The summed E-state index contributed by atoms with van der Waals surface area (Å²) in [4.78, 5) is 29.6. The molecule has 1 atom stereocenters. The molecule has 0 heterocycles. The van der Waals surface area contributed by atoms with E-state index >= 15 is 0 Å². The summed E-state index contributed by atoms with van der Waals surface area (Å²) in [5.41, 5.74) is 2.10. The summed E-state index contributed by atoms with van der Waals surface area (Å²) >= 11 is 0. The van der Waals surface area contributed by atoms with Gasteiger partial charge < -0.3 is 10.2 Å². The highest BCUT2D eigenvalue weighted by atomic mass is 32.2. The number of hydrogen-bond donors (Lipinski definition) is 1. The van der Waals surface area contributed by atoms with Gasteiger partial charge in [-0.05, 0) is 41.8 Å². The first-order valence-electron chi connectivity index (χ1n) is 14.2. The summed E-state index contributed by atoms with van der Waals surface area (Å²) in [6.07, 6.45) is 2.02. The molecule has 1 N–H and O–H groups in total. The van der Waals surface area contributed by atoms with Gasteiger partial charge in [0.15, 0.2) is 0 Å². The lowest BCUT2D eigenvalue weighted by Gasteiger charge is -2.34. The van der Waals surface area contributed by atoms with E-state index in [9.17, 15) is 18.0 Å². The molecule has 0 saturated carbocycles. The van der Waals surface area contributed by atoms with Crippen molar-refractivity contribution in [3.8, 4) is 0 Å². The second-order valence-electron chi connectivity index (χ2n) is 10.0. The minimum atomic E-state index is -4.09. The average molecular weight is 584 g/mol. The molecule has 0 aliphatic carbocycles. The minimum absolute atomic E-state index is 0.0782. The largest absolute Gasteiger partial charge is 0.354 e. The van der Waals surface area contributed by atoms with Crippen molar-refractivity contribution in [3.05, 3.63) is 132 Å². The van der Waals surface area contributed by atoms with Crippen LogP contribution in [0.25, 0.3) is 0 Å². The minimum Gasteiger partial charge on any atom is -0.354 e. The van der Waals surface area contributed by atoms with Gasteiger partial charge in [-0.3, -0.25) is 13.9 Å². The van der Waals surface area contributed by atoms with E-state index in [0.29, 0.717) is 12.2 Å². The van der Waals surface area contributed by atoms with Gasteiger partial charge in [-0.25, -0.2) is 8.42 Å². The summed E-state index contributed by atoms with van der Waals surface area (Å²) in [6.45, 7) is 2.21. The Morgan fingerprint density at radius 1 is 0.738 bits per heavy atom. The van der Waals surface area contributed by atoms with Crippen LogP contribution in [0.3, 0.4) is 0 Å². The number of carbonyl (C=O) groups is 2. The number of benzene rings is 4. The highest BCUT2D eigenvalue weighted by Gasteiger charge is 2.34. The van der Waals surface area contributed by atoms with E-state index in [1.165, 1.54) is 17.0 Å². The third kappa shape index (κ3) is 8.07. The Bertz CT molecular complexity index is 1520. The molecule has 0 bridgehead atoms. The van der Waals surface area contributed by atoms with E-state index in [4.69, 9.17) is 0 Å². The average Bonchev–Trinajstić information content (AvgIpc) is 3.03. The Balaban J connectivity index is 1.75. The smallest absolute Gasteiger partial charge is 0.264 e. The number of para-hydroxylation sites is 1. The molecular weight excluding hydrogens is 546 g/mol. The van der Waals surface area contributed by atoms with Crippen LogP contribution in [0.15, 0.2) is 126 Å². The molecule has 8 heteroatoms. The summed E-state index contributed by atoms with van der Waals surface area (Å²) in [5, 5.41) is 3.00. The van der Waals surface area contributed by atoms with Gasteiger partial charge in [0.05, 0.1) is 10.6 Å². The number of amides is 2. The Labute approximate surface area is 248 Å². The third-order valence-electron chi connectivity index (χ3n) is 6.95. The van der Waals surface area contributed by atoms with Crippen LogP contribution < -0.4 is 9.62 Å². The summed E-state index contributed by atoms with van der Waals surface area (Å²) in [7, 11) is -4.09. The van der Waals surface area contributed by atoms with Crippen molar-refractivity contribution >= 4 is 27.5 Å². The maximum absolute atomic E-state index is 14.3. The molecule has 218 valence electrons. The highest BCUT2D eigenvalue weighted by molar-refractivity contribution is 7.92. The molecule has 4 aromatic carbocycles. The van der Waals surface area contributed by atoms with Crippen molar-refractivity contribution in [2.75, 3.05) is 17.4 Å². The molecule has 0 spiro atoms. The summed E-state index contributed by atoms with van der Waals surface area (Å²) in [5.74, 6) is -0.748. The Morgan fingerprint density at radius 2 is 1.26 bits per heavy atom. The Hall–Kier alpha value is -4.43. The normalized spacial score (nSPS) is 11.8. The predicted molar refractivity (Wildman–Crippen MR) is 166 cm³/mol. The second kappa shape index (κ2) is 15.0. The molecule has 0 aliphatic rings. The van der Waals surface area contributed by atoms with Crippen LogP contribution in [0, 0.1) is 0 Å². The van der Waals surface area contributed by atoms with Gasteiger partial charge in [-0.1, -0.05) is 110 Å². The number of rotatable bonds is 14. The van der Waals surface area contributed by atoms with Gasteiger partial charge in [0.2, 0.25) is 11.8 Å². The van der Waals surface area contributed by atoms with E-state index in [1.54, 1.807) is 48.5 Å². The fraction of sp³-hybridized carbons (Fsp3) is 0.235. The van der Waals surface area contributed by atoms with Crippen molar-refractivity contribution in [3.63, 3.8) is 0 Å². The zero-order valence-corrected chi connectivity index (χ0v) is 24.6. The standard InChI is InChI=1S/C34H37N3O4S/c1-2-3-24-35-34(39)32(25-28-16-8-4-9-17-28)36(26-29-18-10-5-11-19-29)33(38)27-37(30-20-12-6-13-21-30)42(40,41)31-22-14-7-15-23-31/h4-23,32H,2-3,24-27H2,1H3,(H,35,39)/t32-/m0/s1. The van der Waals surface area contributed by atoms with Gasteiger partial charge >= 0.3 is 0 Å². The molecule has 0 saturated heterocycles. The van der Waals surface area contributed by atoms with Crippen molar-refractivity contribution < 1.29 is 18.0 Å². The van der Waals surface area contributed by atoms with Gasteiger partial charge in [0.1, 0.15) is 12.6 Å². The van der Waals surface area contributed by atoms with Gasteiger partial charge in [0, 0.05) is 19.5 Å². The zero-order chi connectivity index (χ0) is 29.8. The SMILES string of the molecule is CCCCNC(=O)[C@H](Cc1ccccc1)N(Cc1ccccc1)C(=O)CN(c1ccccc1)S(=O)(=O)c1ccccc1. The molecule has 2 amide bonds. The number of unbranched alkanes of at least 4 members (excludes halogenated alkanes) is 1. The molecule has 4 rings (SSSR count). The van der Waals surface area contributed by atoms with Crippen LogP contribution >= 0.6 is 0 Å². The maximum atomic E-state index is 14.3. The lowest BCUT2D eigenvalue weighted by Crippen LogP contribution is -2.53.